The van der Waals surface area contributed by atoms with Crippen LogP contribution in [0.25, 0.3) is 10.9 Å². The topological polar surface area (TPSA) is 71.5 Å². The van der Waals surface area contributed by atoms with E-state index in [0.29, 0.717) is 31.0 Å². The molecule has 7 nitrogen and oxygen atoms in total. The molecule has 1 amide bonds. The molecule has 3 aromatic heterocycles. The van der Waals surface area contributed by atoms with E-state index in [9.17, 15) is 4.79 Å². The number of hydrogen-bond acceptors (Lipinski definition) is 6. The zero-order valence-electron chi connectivity index (χ0n) is 18.0. The minimum absolute atomic E-state index is 0.0967. The van der Waals surface area contributed by atoms with Gasteiger partial charge in [-0.2, -0.15) is 0 Å². The quantitative estimate of drug-likeness (QED) is 0.472. The number of benzene rings is 1. The molecule has 0 radical (unpaired) electrons. The van der Waals surface area contributed by atoms with E-state index in [1.807, 2.05) is 66.6 Å². The van der Waals surface area contributed by atoms with Gasteiger partial charge in [0.1, 0.15) is 11.6 Å². The van der Waals surface area contributed by atoms with Gasteiger partial charge in [-0.25, -0.2) is 9.97 Å². The molecular weight excluding hydrogens is 402 g/mol. The second-order valence-corrected chi connectivity index (χ2v) is 7.59. The van der Waals surface area contributed by atoms with Gasteiger partial charge in [0.15, 0.2) is 5.82 Å². The van der Waals surface area contributed by atoms with Crippen molar-refractivity contribution in [2.24, 2.45) is 0 Å². The summed E-state index contributed by atoms with van der Waals surface area (Å²) in [6.07, 6.45) is 5.95. The number of aromatic nitrogens is 3. The van der Waals surface area contributed by atoms with E-state index in [-0.39, 0.29) is 5.91 Å². The molecule has 1 aliphatic rings. The normalized spacial score (nSPS) is 13.0. The Morgan fingerprint density at radius 3 is 2.69 bits per heavy atom. The van der Waals surface area contributed by atoms with E-state index in [1.54, 1.807) is 24.3 Å². The Hall–Kier alpha value is -4.00. The van der Waals surface area contributed by atoms with Crippen molar-refractivity contribution in [2.45, 2.75) is 13.3 Å². The van der Waals surface area contributed by atoms with Crippen molar-refractivity contribution in [3.8, 4) is 5.75 Å². The summed E-state index contributed by atoms with van der Waals surface area (Å²) in [6, 6.07) is 15.4. The third-order valence-corrected chi connectivity index (χ3v) is 5.67. The van der Waals surface area contributed by atoms with Crippen molar-refractivity contribution in [1.29, 1.82) is 0 Å². The predicted molar refractivity (Wildman–Crippen MR) is 125 cm³/mol. The maximum Gasteiger partial charge on any atom is 0.261 e. The largest absolute Gasteiger partial charge is 0.493 e. The molecular formula is C25H23N5O2. The van der Waals surface area contributed by atoms with Crippen molar-refractivity contribution >= 4 is 34.1 Å². The smallest absolute Gasteiger partial charge is 0.261 e. The highest BCUT2D eigenvalue weighted by Gasteiger charge is 2.30. The third kappa shape index (κ3) is 3.41. The Morgan fingerprint density at radius 1 is 0.969 bits per heavy atom. The molecule has 1 aliphatic heterocycles. The summed E-state index contributed by atoms with van der Waals surface area (Å²) in [5.74, 6) is 2.07. The van der Waals surface area contributed by atoms with Crippen LogP contribution in [0.15, 0.2) is 67.1 Å². The lowest BCUT2D eigenvalue weighted by molar-refractivity contribution is 0.0994. The Bertz CT molecular complexity index is 1300. The molecule has 0 bridgehead atoms. The second-order valence-electron chi connectivity index (χ2n) is 7.59. The van der Waals surface area contributed by atoms with E-state index >= 15 is 0 Å². The van der Waals surface area contributed by atoms with Gasteiger partial charge in [-0.3, -0.25) is 9.78 Å². The standard InChI is InChI=1S/C25H23N5O2/c1-3-30-23-19(25(31)29(2)21-9-6-13-27-24(21)30)15-17(16-28-23)11-14-32-22-10-4-8-20-18(22)7-5-12-26-20/h4-10,12-13,15-16H,3,11,14H2,1-2H3. The highest BCUT2D eigenvalue weighted by molar-refractivity contribution is 6.12. The first-order chi connectivity index (χ1) is 15.7. The predicted octanol–water partition coefficient (Wildman–Crippen LogP) is 4.39. The fourth-order valence-corrected chi connectivity index (χ4v) is 4.04. The van der Waals surface area contributed by atoms with Crippen LogP contribution < -0.4 is 14.5 Å². The zero-order chi connectivity index (χ0) is 22.1. The molecule has 0 atom stereocenters. The number of fused-ring (bicyclic) bond motifs is 3. The Labute approximate surface area is 186 Å². The van der Waals surface area contributed by atoms with Crippen LogP contribution in [0.1, 0.15) is 22.8 Å². The number of carbonyl (C=O) groups excluding carboxylic acids is 1. The van der Waals surface area contributed by atoms with Crippen LogP contribution in [0.5, 0.6) is 5.75 Å². The van der Waals surface area contributed by atoms with Gasteiger partial charge in [-0.15, -0.1) is 0 Å². The summed E-state index contributed by atoms with van der Waals surface area (Å²) >= 11 is 0. The van der Waals surface area contributed by atoms with Crippen molar-refractivity contribution in [2.75, 3.05) is 30.0 Å². The molecule has 0 aliphatic carbocycles. The highest BCUT2D eigenvalue weighted by Crippen LogP contribution is 2.37. The molecule has 0 N–H and O–H groups in total. The summed E-state index contributed by atoms with van der Waals surface area (Å²) in [5.41, 5.74) is 3.18. The summed E-state index contributed by atoms with van der Waals surface area (Å²) in [7, 11) is 1.77. The van der Waals surface area contributed by atoms with Gasteiger partial charge in [-0.05, 0) is 55.0 Å². The van der Waals surface area contributed by atoms with Crippen molar-refractivity contribution in [3.05, 3.63) is 78.2 Å². The van der Waals surface area contributed by atoms with Gasteiger partial charge in [0.25, 0.3) is 5.91 Å². The van der Waals surface area contributed by atoms with Gasteiger partial charge in [-0.1, -0.05) is 6.07 Å². The Balaban J connectivity index is 1.41. The summed E-state index contributed by atoms with van der Waals surface area (Å²) in [4.78, 5) is 30.4. The van der Waals surface area contributed by atoms with Gasteiger partial charge in [0.05, 0.1) is 23.4 Å². The molecule has 4 aromatic rings. The number of hydrogen-bond donors (Lipinski definition) is 0. The van der Waals surface area contributed by atoms with Crippen molar-refractivity contribution < 1.29 is 9.53 Å². The first-order valence-electron chi connectivity index (χ1n) is 10.6. The molecule has 1 aromatic carbocycles. The van der Waals surface area contributed by atoms with Gasteiger partial charge in [0, 0.05) is 44.0 Å². The summed E-state index contributed by atoms with van der Waals surface area (Å²) < 4.78 is 6.05. The van der Waals surface area contributed by atoms with Crippen molar-refractivity contribution in [3.63, 3.8) is 0 Å². The lowest BCUT2D eigenvalue weighted by atomic mass is 10.1. The molecule has 0 unspecified atom stereocenters. The summed E-state index contributed by atoms with van der Waals surface area (Å²) in [5, 5.41) is 0.982. The van der Waals surface area contributed by atoms with Crippen LogP contribution in [-0.4, -0.2) is 41.1 Å². The minimum Gasteiger partial charge on any atom is -0.493 e. The van der Waals surface area contributed by atoms with Crippen LogP contribution in [0, 0.1) is 0 Å². The second kappa shape index (κ2) is 8.26. The number of ether oxygens (including phenoxy) is 1. The van der Waals surface area contributed by atoms with Gasteiger partial charge >= 0.3 is 0 Å². The zero-order valence-corrected chi connectivity index (χ0v) is 18.0. The van der Waals surface area contributed by atoms with Gasteiger partial charge < -0.3 is 14.5 Å². The summed E-state index contributed by atoms with van der Waals surface area (Å²) in [6.45, 7) is 3.15. The average Bonchev–Trinajstić information content (AvgIpc) is 2.92. The lowest BCUT2D eigenvalue weighted by Gasteiger charge is -2.22. The molecule has 0 spiro atoms. The number of carbonyl (C=O) groups is 1. The maximum absolute atomic E-state index is 13.2. The van der Waals surface area contributed by atoms with E-state index < -0.39 is 0 Å². The van der Waals surface area contributed by atoms with E-state index in [2.05, 4.69) is 15.0 Å². The van der Waals surface area contributed by atoms with Crippen LogP contribution in [0.4, 0.5) is 17.3 Å². The number of anilines is 3. The highest BCUT2D eigenvalue weighted by atomic mass is 16.5. The fourth-order valence-electron chi connectivity index (χ4n) is 4.04. The number of nitrogens with zero attached hydrogens (tertiary/aromatic N) is 5. The van der Waals surface area contributed by atoms with Gasteiger partial charge in [0.2, 0.25) is 0 Å². The Morgan fingerprint density at radius 2 is 1.81 bits per heavy atom. The maximum atomic E-state index is 13.2. The first-order valence-corrected chi connectivity index (χ1v) is 10.6. The molecule has 0 fully saturated rings. The molecule has 4 heterocycles. The van der Waals surface area contributed by atoms with E-state index in [0.717, 1.165) is 33.7 Å². The Kier molecular flexibility index (Phi) is 5.15. The lowest BCUT2D eigenvalue weighted by Crippen LogP contribution is -2.25. The third-order valence-electron chi connectivity index (χ3n) is 5.67. The van der Waals surface area contributed by atoms with Crippen LogP contribution >= 0.6 is 0 Å². The number of rotatable bonds is 5. The van der Waals surface area contributed by atoms with Crippen molar-refractivity contribution in [1.82, 2.24) is 15.0 Å². The number of pyridine rings is 3. The monoisotopic (exact) mass is 425 g/mol. The molecule has 32 heavy (non-hydrogen) atoms. The van der Waals surface area contributed by atoms with Crippen LogP contribution in [0.3, 0.4) is 0 Å². The van der Waals surface area contributed by atoms with E-state index in [4.69, 9.17) is 4.74 Å². The molecule has 5 rings (SSSR count). The average molecular weight is 425 g/mol. The molecule has 160 valence electrons. The van der Waals surface area contributed by atoms with Crippen LogP contribution in [0.2, 0.25) is 0 Å². The molecule has 7 heteroatoms. The molecule has 0 saturated carbocycles. The van der Waals surface area contributed by atoms with E-state index in [1.165, 1.54) is 0 Å². The molecule has 0 saturated heterocycles. The SMILES string of the molecule is CCN1c2ncc(CCOc3cccc4ncccc34)cc2C(=O)N(C)c2cccnc21. The fraction of sp³-hybridized carbons (Fsp3) is 0.200. The van der Waals surface area contributed by atoms with Crippen LogP contribution in [-0.2, 0) is 6.42 Å². The minimum atomic E-state index is -0.0967. The number of amides is 1. The first kappa shape index (κ1) is 19.9.